The molecule has 0 amide bonds. The first-order valence-electron chi connectivity index (χ1n) is 11.2. The molecule has 8 heteroatoms. The van der Waals surface area contributed by atoms with E-state index in [1.165, 1.54) is 21.2 Å². The molecule has 6 nitrogen and oxygen atoms in total. The van der Waals surface area contributed by atoms with Gasteiger partial charge in [-0.05, 0) is 55.6 Å². The van der Waals surface area contributed by atoms with Gasteiger partial charge in [-0.25, -0.2) is 4.98 Å². The first-order valence-corrected chi connectivity index (χ1v) is 12.0. The smallest absolute Gasteiger partial charge is 0.269 e. The summed E-state index contributed by atoms with van der Waals surface area (Å²) in [6.45, 7) is 4.55. The highest BCUT2D eigenvalue weighted by Gasteiger charge is 2.19. The lowest BCUT2D eigenvalue weighted by atomic mass is 10.1. The highest BCUT2D eigenvalue weighted by atomic mass is 35.5. The molecule has 1 N–H and O–H groups in total. The van der Waals surface area contributed by atoms with Crippen LogP contribution < -0.4 is 15.6 Å². The number of methoxy groups -OCH3 is 1. The zero-order valence-electron chi connectivity index (χ0n) is 18.7. The minimum atomic E-state index is -0.0642. The minimum absolute atomic E-state index is 0. The highest BCUT2D eigenvalue weighted by molar-refractivity contribution is 7.19. The number of nitrogens with zero attached hydrogens (tertiary/aromatic N) is 3. The molecule has 4 aromatic rings. The maximum absolute atomic E-state index is 12.5. The molecule has 0 aliphatic carbocycles. The van der Waals surface area contributed by atoms with Crippen molar-refractivity contribution in [2.45, 2.75) is 32.0 Å². The van der Waals surface area contributed by atoms with Crippen molar-refractivity contribution in [1.82, 2.24) is 19.8 Å². The molecule has 0 radical (unpaired) electrons. The van der Waals surface area contributed by atoms with E-state index in [1.807, 2.05) is 34.1 Å². The summed E-state index contributed by atoms with van der Waals surface area (Å²) >= 11 is 1.88. The van der Waals surface area contributed by atoms with Crippen LogP contribution in [0.1, 0.15) is 17.7 Å². The highest BCUT2D eigenvalue weighted by Crippen LogP contribution is 2.25. The maximum Gasteiger partial charge on any atom is 0.269 e. The van der Waals surface area contributed by atoms with Crippen LogP contribution in [0.3, 0.4) is 0 Å². The minimum Gasteiger partial charge on any atom is -0.497 e. The topological polar surface area (TPSA) is 59.4 Å². The van der Waals surface area contributed by atoms with Gasteiger partial charge in [0.2, 0.25) is 0 Å². The second-order valence-corrected chi connectivity index (χ2v) is 9.52. The fourth-order valence-corrected chi connectivity index (χ4v) is 5.49. The van der Waals surface area contributed by atoms with Crippen LogP contribution in [0.2, 0.25) is 0 Å². The molecule has 0 saturated carbocycles. The lowest BCUT2D eigenvalue weighted by Crippen LogP contribution is -2.43. The van der Waals surface area contributed by atoms with E-state index in [9.17, 15) is 4.79 Å². The van der Waals surface area contributed by atoms with Crippen molar-refractivity contribution in [2.24, 2.45) is 0 Å². The van der Waals surface area contributed by atoms with Crippen molar-refractivity contribution in [3.8, 4) is 5.75 Å². The van der Waals surface area contributed by atoms with E-state index in [4.69, 9.17) is 4.74 Å². The van der Waals surface area contributed by atoms with Crippen molar-refractivity contribution >= 4 is 44.9 Å². The molecule has 1 aliphatic rings. The molecular formula is C25H29ClN4O2S. The van der Waals surface area contributed by atoms with E-state index >= 15 is 0 Å². The van der Waals surface area contributed by atoms with Gasteiger partial charge in [-0.2, -0.15) is 0 Å². The molecule has 2 aromatic heterocycles. The number of hydrogen-bond acceptors (Lipinski definition) is 6. The zero-order valence-corrected chi connectivity index (χ0v) is 20.3. The quantitative estimate of drug-likeness (QED) is 0.424. The van der Waals surface area contributed by atoms with Gasteiger partial charge in [0, 0.05) is 41.3 Å². The number of halogens is 1. The van der Waals surface area contributed by atoms with Crippen LogP contribution in [-0.4, -0.2) is 47.2 Å². The first-order chi connectivity index (χ1) is 15.7. The van der Waals surface area contributed by atoms with Gasteiger partial charge in [-0.3, -0.25) is 4.79 Å². The molecule has 5 rings (SSSR count). The Hall–Kier alpha value is -2.45. The molecule has 2 aromatic carbocycles. The van der Waals surface area contributed by atoms with Gasteiger partial charge < -0.3 is 19.5 Å². The van der Waals surface area contributed by atoms with Gasteiger partial charge in [-0.15, -0.1) is 23.7 Å². The first kappa shape index (κ1) is 23.7. The SMILES string of the molecule is COc1ccc2ncc(=O)n(CCN3CCC(NCc4cc5ccccc5s4)CC3)c2c1.Cl. The molecule has 1 aliphatic heterocycles. The van der Waals surface area contributed by atoms with Crippen LogP contribution in [0, 0.1) is 0 Å². The van der Waals surface area contributed by atoms with Crippen molar-refractivity contribution in [2.75, 3.05) is 26.7 Å². The summed E-state index contributed by atoms with van der Waals surface area (Å²) in [5.74, 6) is 0.740. The lowest BCUT2D eigenvalue weighted by molar-refractivity contribution is 0.191. The molecule has 1 saturated heterocycles. The number of nitrogens with one attached hydrogen (secondary N) is 1. The third-order valence-corrected chi connectivity index (χ3v) is 7.44. The lowest BCUT2D eigenvalue weighted by Gasteiger charge is -2.32. The second-order valence-electron chi connectivity index (χ2n) is 8.35. The van der Waals surface area contributed by atoms with Crippen molar-refractivity contribution in [3.05, 3.63) is 70.0 Å². The van der Waals surface area contributed by atoms with Gasteiger partial charge in [0.25, 0.3) is 5.56 Å². The van der Waals surface area contributed by atoms with E-state index in [2.05, 4.69) is 45.5 Å². The van der Waals surface area contributed by atoms with Gasteiger partial charge in [0.05, 0.1) is 24.3 Å². The van der Waals surface area contributed by atoms with Gasteiger partial charge in [0.1, 0.15) is 5.75 Å². The maximum atomic E-state index is 12.5. The summed E-state index contributed by atoms with van der Waals surface area (Å²) < 4.78 is 8.51. The molecule has 33 heavy (non-hydrogen) atoms. The molecule has 3 heterocycles. The average Bonchev–Trinajstić information content (AvgIpc) is 3.25. The van der Waals surface area contributed by atoms with Crippen LogP contribution in [0.5, 0.6) is 5.75 Å². The van der Waals surface area contributed by atoms with E-state index in [-0.39, 0.29) is 18.0 Å². The van der Waals surface area contributed by atoms with Crippen LogP contribution in [0.15, 0.2) is 59.5 Å². The summed E-state index contributed by atoms with van der Waals surface area (Å²) in [4.78, 5) is 20.6. The predicted molar refractivity (Wildman–Crippen MR) is 138 cm³/mol. The van der Waals surface area contributed by atoms with Gasteiger partial charge in [-0.1, -0.05) is 18.2 Å². The average molecular weight is 485 g/mol. The number of fused-ring (bicyclic) bond motifs is 2. The van der Waals surface area contributed by atoms with E-state index in [0.29, 0.717) is 12.6 Å². The number of benzene rings is 2. The van der Waals surface area contributed by atoms with Crippen LogP contribution in [0.4, 0.5) is 0 Å². The van der Waals surface area contributed by atoms with Gasteiger partial charge in [0.15, 0.2) is 0 Å². The van der Waals surface area contributed by atoms with Crippen LogP contribution >= 0.6 is 23.7 Å². The molecule has 0 atom stereocenters. The molecular weight excluding hydrogens is 456 g/mol. The van der Waals surface area contributed by atoms with Crippen molar-refractivity contribution in [1.29, 1.82) is 0 Å². The third-order valence-electron chi connectivity index (χ3n) is 6.32. The third kappa shape index (κ3) is 5.38. The fourth-order valence-electron chi connectivity index (χ4n) is 4.47. The van der Waals surface area contributed by atoms with Crippen molar-refractivity contribution < 1.29 is 4.74 Å². The van der Waals surface area contributed by atoms with Gasteiger partial charge >= 0.3 is 0 Å². The summed E-state index contributed by atoms with van der Waals surface area (Å²) in [5, 5.41) is 5.08. The predicted octanol–water partition coefficient (Wildman–Crippen LogP) is 4.30. The Morgan fingerprint density at radius 1 is 1.12 bits per heavy atom. The number of thiophene rings is 1. The fraction of sp³-hybridized carbons (Fsp3) is 0.360. The van der Waals surface area contributed by atoms with Crippen molar-refractivity contribution in [3.63, 3.8) is 0 Å². The summed E-state index contributed by atoms with van der Waals surface area (Å²) in [7, 11) is 1.64. The Morgan fingerprint density at radius 2 is 1.94 bits per heavy atom. The normalized spacial score (nSPS) is 15.1. The second kappa shape index (κ2) is 10.7. The number of likely N-dealkylation sites (tertiary alicyclic amines) is 1. The molecule has 0 spiro atoms. The molecule has 1 fully saturated rings. The number of ether oxygens (including phenoxy) is 1. The monoisotopic (exact) mass is 484 g/mol. The standard InChI is InChI=1S/C25H28N4O2S.ClH/c1-31-20-6-7-22-23(15-20)29(25(30)17-27-22)13-12-28-10-8-19(9-11-28)26-16-21-14-18-4-2-3-5-24(18)32-21;/h2-7,14-15,17,19,26H,8-13,16H2,1H3;1H. The summed E-state index contributed by atoms with van der Waals surface area (Å²) in [6.07, 6.45) is 3.67. The van der Waals surface area contributed by atoms with E-state index in [0.717, 1.165) is 55.8 Å². The zero-order chi connectivity index (χ0) is 21.9. The van der Waals surface area contributed by atoms with E-state index in [1.54, 1.807) is 7.11 Å². The number of rotatable bonds is 7. The summed E-state index contributed by atoms with van der Waals surface area (Å²) in [5.41, 5.74) is 1.58. The molecule has 174 valence electrons. The molecule has 0 unspecified atom stereocenters. The Bertz CT molecular complexity index is 1250. The Morgan fingerprint density at radius 3 is 2.73 bits per heavy atom. The van der Waals surface area contributed by atoms with Crippen LogP contribution in [-0.2, 0) is 13.1 Å². The Kier molecular flexibility index (Phi) is 7.65. The largest absolute Gasteiger partial charge is 0.497 e. The number of piperidine rings is 1. The Balaban J connectivity index is 0.00000259. The van der Waals surface area contributed by atoms with E-state index < -0.39 is 0 Å². The molecule has 0 bridgehead atoms. The summed E-state index contributed by atoms with van der Waals surface area (Å²) in [6, 6.07) is 17.1. The number of aromatic nitrogens is 2. The van der Waals surface area contributed by atoms with Crippen LogP contribution in [0.25, 0.3) is 21.1 Å². The Labute approximate surface area is 203 Å². The number of hydrogen-bond donors (Lipinski definition) is 1.